The van der Waals surface area contributed by atoms with Crippen LogP contribution in [0.4, 0.5) is 17.5 Å². The van der Waals surface area contributed by atoms with Gasteiger partial charge in [0.05, 0.1) is 21.4 Å². The molecule has 4 nitrogen and oxygen atoms in total. The van der Waals surface area contributed by atoms with Crippen molar-refractivity contribution in [2.24, 2.45) is 0 Å². The summed E-state index contributed by atoms with van der Waals surface area (Å²) in [5.74, 6) is 1.93. The average Bonchev–Trinajstić information content (AvgIpc) is 3.29. The first kappa shape index (κ1) is 14.4. The smallest absolute Gasteiger partial charge is 0.224 e. The predicted molar refractivity (Wildman–Crippen MR) is 87.9 cm³/mol. The van der Waals surface area contributed by atoms with E-state index in [4.69, 9.17) is 23.2 Å². The standard InChI is InChI=1S/C15H16Cl2N4/c1-2-18-15-20-12(9-6-7-9)8-13(21-15)19-11-5-3-4-10(16)14(11)17/h3-5,8-9H,2,6-7H2,1H3,(H2,18,19,20,21). The number of halogens is 2. The van der Waals surface area contributed by atoms with Crippen LogP contribution < -0.4 is 10.6 Å². The van der Waals surface area contributed by atoms with Crippen molar-refractivity contribution in [3.05, 3.63) is 40.0 Å². The van der Waals surface area contributed by atoms with Gasteiger partial charge in [-0.3, -0.25) is 0 Å². The molecule has 0 aliphatic heterocycles. The van der Waals surface area contributed by atoms with Crippen molar-refractivity contribution >= 4 is 40.7 Å². The number of rotatable bonds is 5. The van der Waals surface area contributed by atoms with Crippen LogP contribution in [-0.2, 0) is 0 Å². The first-order valence-corrected chi connectivity index (χ1v) is 7.77. The van der Waals surface area contributed by atoms with Crippen LogP contribution in [0.2, 0.25) is 10.0 Å². The quantitative estimate of drug-likeness (QED) is 0.827. The van der Waals surface area contributed by atoms with Gasteiger partial charge in [0.15, 0.2) is 0 Å². The van der Waals surface area contributed by atoms with Crippen LogP contribution in [0.15, 0.2) is 24.3 Å². The topological polar surface area (TPSA) is 49.8 Å². The Kier molecular flexibility index (Phi) is 4.17. The minimum atomic E-state index is 0.496. The summed E-state index contributed by atoms with van der Waals surface area (Å²) in [7, 11) is 0. The van der Waals surface area contributed by atoms with Gasteiger partial charge in [-0.1, -0.05) is 29.3 Å². The molecule has 0 saturated heterocycles. The summed E-state index contributed by atoms with van der Waals surface area (Å²) in [6.07, 6.45) is 2.39. The summed E-state index contributed by atoms with van der Waals surface area (Å²) >= 11 is 12.2. The molecule has 0 bridgehead atoms. The lowest BCUT2D eigenvalue weighted by molar-refractivity contribution is 0.978. The first-order valence-electron chi connectivity index (χ1n) is 7.01. The van der Waals surface area contributed by atoms with Crippen LogP contribution in [0, 0.1) is 0 Å². The molecule has 110 valence electrons. The third-order valence-corrected chi connectivity index (χ3v) is 4.11. The summed E-state index contributed by atoms with van der Waals surface area (Å²) in [6, 6.07) is 7.47. The highest BCUT2D eigenvalue weighted by Gasteiger charge is 2.26. The van der Waals surface area contributed by atoms with Gasteiger partial charge in [0.1, 0.15) is 5.82 Å². The summed E-state index contributed by atoms with van der Waals surface area (Å²) < 4.78 is 0. The monoisotopic (exact) mass is 322 g/mol. The fourth-order valence-electron chi connectivity index (χ4n) is 2.09. The fourth-order valence-corrected chi connectivity index (χ4v) is 2.44. The van der Waals surface area contributed by atoms with Crippen LogP contribution in [0.25, 0.3) is 0 Å². The molecule has 0 amide bonds. The minimum Gasteiger partial charge on any atom is -0.354 e. The molecule has 3 rings (SSSR count). The van der Waals surface area contributed by atoms with E-state index in [9.17, 15) is 0 Å². The molecule has 0 unspecified atom stereocenters. The van der Waals surface area contributed by atoms with Crippen LogP contribution in [-0.4, -0.2) is 16.5 Å². The summed E-state index contributed by atoms with van der Waals surface area (Å²) in [6.45, 7) is 2.81. The minimum absolute atomic E-state index is 0.496. The van der Waals surface area contributed by atoms with Gasteiger partial charge in [-0.2, -0.15) is 4.98 Å². The SMILES string of the molecule is CCNc1nc(Nc2cccc(Cl)c2Cl)cc(C2CC2)n1. The molecular weight excluding hydrogens is 307 g/mol. The molecule has 1 fully saturated rings. The maximum absolute atomic E-state index is 6.21. The maximum atomic E-state index is 6.21. The van der Waals surface area contributed by atoms with Crippen LogP contribution >= 0.6 is 23.2 Å². The van der Waals surface area contributed by atoms with Crippen LogP contribution in [0.3, 0.4) is 0 Å². The van der Waals surface area contributed by atoms with Crippen molar-refractivity contribution in [2.75, 3.05) is 17.2 Å². The largest absolute Gasteiger partial charge is 0.354 e. The Balaban J connectivity index is 1.91. The van der Waals surface area contributed by atoms with E-state index in [1.165, 1.54) is 12.8 Å². The van der Waals surface area contributed by atoms with E-state index >= 15 is 0 Å². The fraction of sp³-hybridized carbons (Fsp3) is 0.333. The van der Waals surface area contributed by atoms with E-state index in [1.54, 1.807) is 6.07 Å². The number of nitrogens with one attached hydrogen (secondary N) is 2. The second kappa shape index (κ2) is 6.08. The van der Waals surface area contributed by atoms with Crippen LogP contribution in [0.1, 0.15) is 31.4 Å². The number of hydrogen-bond donors (Lipinski definition) is 2. The van der Waals surface area contributed by atoms with Crippen molar-refractivity contribution < 1.29 is 0 Å². The Morgan fingerprint density at radius 2 is 2.05 bits per heavy atom. The molecule has 1 aliphatic carbocycles. The average molecular weight is 323 g/mol. The van der Waals surface area contributed by atoms with Crippen LogP contribution in [0.5, 0.6) is 0 Å². The Hall–Kier alpha value is -1.52. The highest BCUT2D eigenvalue weighted by atomic mass is 35.5. The molecule has 0 radical (unpaired) electrons. The molecule has 2 N–H and O–H groups in total. The van der Waals surface area contributed by atoms with Gasteiger partial charge in [-0.25, -0.2) is 4.98 Å². The highest BCUT2D eigenvalue weighted by Crippen LogP contribution is 2.40. The summed E-state index contributed by atoms with van der Waals surface area (Å²) in [5.41, 5.74) is 1.81. The molecule has 1 aromatic carbocycles. The van der Waals surface area contributed by atoms with E-state index in [-0.39, 0.29) is 0 Å². The lowest BCUT2D eigenvalue weighted by Crippen LogP contribution is -2.06. The molecule has 1 aliphatic rings. The zero-order valence-corrected chi connectivity index (χ0v) is 13.2. The van der Waals surface area contributed by atoms with Gasteiger partial charge >= 0.3 is 0 Å². The Labute approximate surface area is 133 Å². The van der Waals surface area contributed by atoms with Gasteiger partial charge in [0.25, 0.3) is 0 Å². The van der Waals surface area contributed by atoms with Gasteiger partial charge in [-0.05, 0) is 31.9 Å². The Morgan fingerprint density at radius 3 is 2.76 bits per heavy atom. The van der Waals surface area contributed by atoms with Gasteiger partial charge < -0.3 is 10.6 Å². The second-order valence-corrected chi connectivity index (χ2v) is 5.82. The van der Waals surface area contributed by atoms with Crippen molar-refractivity contribution in [1.82, 2.24) is 9.97 Å². The number of aromatic nitrogens is 2. The predicted octanol–water partition coefficient (Wildman–Crippen LogP) is 4.84. The van der Waals surface area contributed by atoms with Gasteiger partial charge in [0.2, 0.25) is 5.95 Å². The number of benzene rings is 1. The number of hydrogen-bond acceptors (Lipinski definition) is 4. The third-order valence-electron chi connectivity index (χ3n) is 3.29. The first-order chi connectivity index (χ1) is 10.2. The van der Waals surface area contributed by atoms with E-state index in [2.05, 4.69) is 20.6 Å². The molecule has 2 aromatic rings. The summed E-state index contributed by atoms with van der Waals surface area (Å²) in [5, 5.41) is 7.40. The second-order valence-electron chi connectivity index (χ2n) is 5.03. The molecule has 21 heavy (non-hydrogen) atoms. The molecule has 0 atom stereocenters. The third kappa shape index (κ3) is 3.39. The van der Waals surface area contributed by atoms with E-state index in [0.717, 1.165) is 23.7 Å². The van der Waals surface area contributed by atoms with Crippen molar-refractivity contribution in [3.8, 4) is 0 Å². The zero-order chi connectivity index (χ0) is 14.8. The van der Waals surface area contributed by atoms with Crippen molar-refractivity contribution in [1.29, 1.82) is 0 Å². The molecule has 1 saturated carbocycles. The number of anilines is 3. The summed E-state index contributed by atoms with van der Waals surface area (Å²) in [4.78, 5) is 9.01. The molecule has 6 heteroatoms. The number of nitrogens with zero attached hydrogens (tertiary/aromatic N) is 2. The normalized spacial score (nSPS) is 14.0. The van der Waals surface area contributed by atoms with Gasteiger partial charge in [-0.15, -0.1) is 0 Å². The highest BCUT2D eigenvalue weighted by molar-refractivity contribution is 6.43. The van der Waals surface area contributed by atoms with E-state index in [1.807, 2.05) is 25.1 Å². The van der Waals surface area contributed by atoms with E-state index in [0.29, 0.717) is 21.9 Å². The Bertz CT molecular complexity index is 656. The molecule has 1 aromatic heterocycles. The molecule has 1 heterocycles. The lowest BCUT2D eigenvalue weighted by atomic mass is 10.2. The molecular formula is C15H16Cl2N4. The van der Waals surface area contributed by atoms with Gasteiger partial charge in [0, 0.05) is 18.5 Å². The van der Waals surface area contributed by atoms with E-state index < -0.39 is 0 Å². The molecule has 0 spiro atoms. The van der Waals surface area contributed by atoms with Crippen molar-refractivity contribution in [2.45, 2.75) is 25.7 Å². The maximum Gasteiger partial charge on any atom is 0.224 e. The zero-order valence-electron chi connectivity index (χ0n) is 11.7. The Morgan fingerprint density at radius 1 is 1.24 bits per heavy atom. The van der Waals surface area contributed by atoms with Crippen molar-refractivity contribution in [3.63, 3.8) is 0 Å². The lowest BCUT2D eigenvalue weighted by Gasteiger charge is -2.11.